The molecule has 0 atom stereocenters. The van der Waals surface area contributed by atoms with Gasteiger partial charge >= 0.3 is 0 Å². The smallest absolute Gasteiger partial charge is 0.239 e. The summed E-state index contributed by atoms with van der Waals surface area (Å²) in [5.41, 5.74) is 0.859. The van der Waals surface area contributed by atoms with Gasteiger partial charge in [0.1, 0.15) is 5.82 Å². The van der Waals surface area contributed by atoms with Crippen LogP contribution in [-0.2, 0) is 4.79 Å². The minimum absolute atomic E-state index is 0.0609. The molecule has 0 bridgehead atoms. The van der Waals surface area contributed by atoms with E-state index in [2.05, 4.69) is 26.2 Å². The molecule has 0 unspecified atom stereocenters. The van der Waals surface area contributed by atoms with Crippen molar-refractivity contribution in [1.29, 1.82) is 0 Å². The zero-order chi connectivity index (χ0) is 11.4. The van der Waals surface area contributed by atoms with Crippen molar-refractivity contribution < 1.29 is 4.79 Å². The maximum atomic E-state index is 11.4. The molecule has 0 aliphatic rings. The van der Waals surface area contributed by atoms with Gasteiger partial charge in [-0.25, -0.2) is 4.98 Å². The van der Waals surface area contributed by atoms with E-state index < -0.39 is 0 Å². The summed E-state index contributed by atoms with van der Waals surface area (Å²) in [5, 5.41) is 2.73. The monoisotopic (exact) mass is 271 g/mol. The Morgan fingerprint density at radius 1 is 1.53 bits per heavy atom. The van der Waals surface area contributed by atoms with Crippen LogP contribution in [0.25, 0.3) is 0 Å². The van der Waals surface area contributed by atoms with Crippen LogP contribution in [0.5, 0.6) is 0 Å². The van der Waals surface area contributed by atoms with Crippen LogP contribution < -0.4 is 5.32 Å². The van der Waals surface area contributed by atoms with Gasteiger partial charge in [-0.3, -0.25) is 4.79 Å². The van der Waals surface area contributed by atoms with Crippen molar-refractivity contribution in [3.05, 3.63) is 22.3 Å². The number of hydrogen-bond donors (Lipinski definition) is 1. The van der Waals surface area contributed by atoms with Crippen LogP contribution in [-0.4, -0.2) is 36.4 Å². The molecule has 1 heterocycles. The molecule has 0 radical (unpaired) electrons. The zero-order valence-corrected chi connectivity index (χ0v) is 10.6. The van der Waals surface area contributed by atoms with Crippen LogP contribution in [0.4, 0.5) is 5.82 Å². The lowest BCUT2D eigenvalue weighted by molar-refractivity contribution is -0.116. The number of likely N-dealkylation sites (N-methyl/N-ethyl adjacent to an activating group) is 1. The molecule has 0 aromatic carbocycles. The third-order valence-corrected chi connectivity index (χ3v) is 2.59. The minimum atomic E-state index is -0.0609. The number of carbonyl (C=O) groups excluding carboxylic acids is 1. The van der Waals surface area contributed by atoms with E-state index in [-0.39, 0.29) is 5.91 Å². The number of aromatic nitrogens is 1. The predicted octanol–water partition coefficient (Wildman–Crippen LogP) is 1.65. The molecule has 1 aromatic heterocycles. The van der Waals surface area contributed by atoms with Crippen LogP contribution in [0.1, 0.15) is 5.69 Å². The average molecular weight is 272 g/mol. The van der Waals surface area contributed by atoms with Gasteiger partial charge in [-0.1, -0.05) is 0 Å². The maximum Gasteiger partial charge on any atom is 0.239 e. The summed E-state index contributed by atoms with van der Waals surface area (Å²) in [6, 6.07) is 3.64. The minimum Gasteiger partial charge on any atom is -0.310 e. The molecule has 15 heavy (non-hydrogen) atoms. The molecular weight excluding hydrogens is 258 g/mol. The van der Waals surface area contributed by atoms with Gasteiger partial charge in [-0.15, -0.1) is 0 Å². The van der Waals surface area contributed by atoms with E-state index in [9.17, 15) is 4.79 Å². The Balaban J connectivity index is 2.65. The Bertz CT molecular complexity index is 366. The van der Waals surface area contributed by atoms with Crippen LogP contribution in [0.15, 0.2) is 16.6 Å². The predicted molar refractivity (Wildman–Crippen MR) is 63.9 cm³/mol. The highest BCUT2D eigenvalue weighted by Gasteiger charge is 2.05. The summed E-state index contributed by atoms with van der Waals surface area (Å²) in [5.74, 6) is 0.525. The number of nitrogens with zero attached hydrogens (tertiary/aromatic N) is 2. The largest absolute Gasteiger partial charge is 0.310 e. The Morgan fingerprint density at radius 3 is 2.73 bits per heavy atom. The molecule has 5 heteroatoms. The molecule has 1 N–H and O–H groups in total. The average Bonchev–Trinajstić information content (AvgIpc) is 2.10. The van der Waals surface area contributed by atoms with Crippen LogP contribution in [0.3, 0.4) is 0 Å². The van der Waals surface area contributed by atoms with Gasteiger partial charge in [-0.2, -0.15) is 0 Å². The van der Waals surface area contributed by atoms with E-state index in [1.807, 2.05) is 27.1 Å². The highest BCUT2D eigenvalue weighted by Crippen LogP contribution is 2.15. The number of pyridine rings is 1. The normalized spacial score (nSPS) is 10.5. The maximum absolute atomic E-state index is 11.4. The standard InChI is InChI=1S/C10H14BrN3O/c1-7-8(11)4-5-9(12-7)13-10(15)6-14(2)3/h4-5H,6H2,1-3H3,(H,12,13,15). The number of aryl methyl sites for hydroxylation is 1. The second-order valence-corrected chi connectivity index (χ2v) is 4.40. The van der Waals surface area contributed by atoms with Crippen LogP contribution in [0.2, 0.25) is 0 Å². The van der Waals surface area contributed by atoms with E-state index in [1.165, 1.54) is 0 Å². The van der Waals surface area contributed by atoms with E-state index in [0.29, 0.717) is 12.4 Å². The summed E-state index contributed by atoms with van der Waals surface area (Å²) in [6.07, 6.45) is 0. The number of anilines is 1. The first kappa shape index (κ1) is 12.1. The first-order valence-corrected chi connectivity index (χ1v) is 5.36. The van der Waals surface area contributed by atoms with E-state index >= 15 is 0 Å². The number of hydrogen-bond acceptors (Lipinski definition) is 3. The van der Waals surface area contributed by atoms with Gasteiger partial charge in [0.2, 0.25) is 5.91 Å². The van der Waals surface area contributed by atoms with Gasteiger partial charge in [0.25, 0.3) is 0 Å². The lowest BCUT2D eigenvalue weighted by Gasteiger charge is -2.10. The van der Waals surface area contributed by atoms with Crippen molar-refractivity contribution in [3.63, 3.8) is 0 Å². The quantitative estimate of drug-likeness (QED) is 0.910. The first-order valence-electron chi connectivity index (χ1n) is 4.57. The van der Waals surface area contributed by atoms with E-state index in [1.54, 1.807) is 11.0 Å². The SMILES string of the molecule is Cc1nc(NC(=O)CN(C)C)ccc1Br. The summed E-state index contributed by atoms with van der Waals surface area (Å²) < 4.78 is 0.938. The highest BCUT2D eigenvalue weighted by atomic mass is 79.9. The van der Waals surface area contributed by atoms with Gasteiger partial charge < -0.3 is 10.2 Å². The molecule has 1 rings (SSSR count). The molecule has 82 valence electrons. The third kappa shape index (κ3) is 3.97. The van der Waals surface area contributed by atoms with Crippen LogP contribution >= 0.6 is 15.9 Å². The Hall–Kier alpha value is -0.940. The second kappa shape index (κ2) is 5.23. The topological polar surface area (TPSA) is 45.2 Å². The first-order chi connectivity index (χ1) is 6.99. The highest BCUT2D eigenvalue weighted by molar-refractivity contribution is 9.10. The molecule has 1 aromatic rings. The lowest BCUT2D eigenvalue weighted by Crippen LogP contribution is -2.27. The zero-order valence-electron chi connectivity index (χ0n) is 9.04. The molecule has 0 spiro atoms. The summed E-state index contributed by atoms with van der Waals surface area (Å²) in [6.45, 7) is 2.24. The fraction of sp³-hybridized carbons (Fsp3) is 0.400. The Labute approximate surface area is 97.8 Å². The number of halogens is 1. The van der Waals surface area contributed by atoms with Crippen molar-refractivity contribution in [1.82, 2.24) is 9.88 Å². The molecular formula is C10H14BrN3O. The molecule has 0 aliphatic carbocycles. The fourth-order valence-electron chi connectivity index (χ4n) is 1.08. The van der Waals surface area contributed by atoms with Crippen LogP contribution in [0, 0.1) is 6.92 Å². The Kier molecular flexibility index (Phi) is 4.23. The molecule has 0 aliphatic heterocycles. The Morgan fingerprint density at radius 2 is 2.20 bits per heavy atom. The molecule has 0 saturated heterocycles. The van der Waals surface area contributed by atoms with Crippen molar-refractivity contribution in [2.45, 2.75) is 6.92 Å². The van der Waals surface area contributed by atoms with Gasteiger partial charge in [0.15, 0.2) is 0 Å². The number of nitrogens with one attached hydrogen (secondary N) is 1. The lowest BCUT2D eigenvalue weighted by atomic mass is 10.3. The molecule has 0 fully saturated rings. The van der Waals surface area contributed by atoms with Gasteiger partial charge in [-0.05, 0) is 49.1 Å². The molecule has 4 nitrogen and oxygen atoms in total. The number of amides is 1. The van der Waals surface area contributed by atoms with Gasteiger partial charge in [0.05, 0.1) is 12.2 Å². The number of carbonyl (C=O) groups is 1. The molecule has 0 saturated carbocycles. The van der Waals surface area contributed by atoms with Crippen molar-refractivity contribution in [2.24, 2.45) is 0 Å². The van der Waals surface area contributed by atoms with Crippen molar-refractivity contribution >= 4 is 27.7 Å². The fourth-order valence-corrected chi connectivity index (χ4v) is 1.30. The van der Waals surface area contributed by atoms with E-state index in [4.69, 9.17) is 0 Å². The summed E-state index contributed by atoms with van der Waals surface area (Å²) in [4.78, 5) is 17.4. The molecule has 1 amide bonds. The summed E-state index contributed by atoms with van der Waals surface area (Å²) >= 11 is 3.35. The second-order valence-electron chi connectivity index (χ2n) is 3.55. The van der Waals surface area contributed by atoms with E-state index in [0.717, 1.165) is 10.2 Å². The third-order valence-electron chi connectivity index (χ3n) is 1.75. The summed E-state index contributed by atoms with van der Waals surface area (Å²) in [7, 11) is 3.69. The van der Waals surface area contributed by atoms with Crippen molar-refractivity contribution in [2.75, 3.05) is 26.0 Å². The van der Waals surface area contributed by atoms with Gasteiger partial charge in [0, 0.05) is 4.47 Å². The van der Waals surface area contributed by atoms with Crippen molar-refractivity contribution in [3.8, 4) is 0 Å². The number of rotatable bonds is 3.